The highest BCUT2D eigenvalue weighted by atomic mass is 35.5. The van der Waals surface area contributed by atoms with Gasteiger partial charge < -0.3 is 15.1 Å². The van der Waals surface area contributed by atoms with Gasteiger partial charge in [0.15, 0.2) is 0 Å². The second kappa shape index (κ2) is 9.01. The number of benzene rings is 2. The summed E-state index contributed by atoms with van der Waals surface area (Å²) in [5.74, 6) is -0.281. The van der Waals surface area contributed by atoms with E-state index < -0.39 is 0 Å². The summed E-state index contributed by atoms with van der Waals surface area (Å²) in [6.07, 6.45) is 0. The molecule has 2 heterocycles. The minimum absolute atomic E-state index is 0. The Labute approximate surface area is 177 Å². The minimum atomic E-state index is -0.281. The van der Waals surface area contributed by atoms with Gasteiger partial charge in [0.25, 0.3) is 0 Å². The van der Waals surface area contributed by atoms with Crippen molar-refractivity contribution in [3.8, 4) is 0 Å². The van der Waals surface area contributed by atoms with Crippen LogP contribution in [0.3, 0.4) is 0 Å². The molecule has 0 saturated carbocycles. The highest BCUT2D eigenvalue weighted by molar-refractivity contribution is 5.96. The van der Waals surface area contributed by atoms with Crippen molar-refractivity contribution in [3.05, 3.63) is 59.4 Å². The van der Waals surface area contributed by atoms with E-state index in [4.69, 9.17) is 0 Å². The first-order chi connectivity index (χ1) is 13.6. The summed E-state index contributed by atoms with van der Waals surface area (Å²) in [7, 11) is 0. The summed E-state index contributed by atoms with van der Waals surface area (Å²) in [5.41, 5.74) is 3.74. The molecule has 5 nitrogen and oxygen atoms in total. The molecule has 156 valence electrons. The number of piperazine rings is 1. The van der Waals surface area contributed by atoms with E-state index in [1.165, 1.54) is 11.8 Å². The quantitative estimate of drug-likeness (QED) is 0.815. The third-order valence-electron chi connectivity index (χ3n) is 5.59. The summed E-state index contributed by atoms with van der Waals surface area (Å²) in [6, 6.07) is 12.8. The summed E-state index contributed by atoms with van der Waals surface area (Å²) < 4.78 is 14.3. The number of hydrogen-bond donors (Lipinski definition) is 1. The molecule has 2 aromatic carbocycles. The van der Waals surface area contributed by atoms with Gasteiger partial charge in [-0.05, 0) is 32.0 Å². The molecular formula is C22H28ClFN4O. The summed E-state index contributed by atoms with van der Waals surface area (Å²) in [4.78, 5) is 19.2. The van der Waals surface area contributed by atoms with Crippen molar-refractivity contribution in [1.82, 2.24) is 10.2 Å². The van der Waals surface area contributed by atoms with Crippen LogP contribution in [0.1, 0.15) is 25.0 Å². The molecule has 1 N–H and O–H groups in total. The molecule has 0 bridgehead atoms. The van der Waals surface area contributed by atoms with E-state index in [1.807, 2.05) is 36.9 Å². The van der Waals surface area contributed by atoms with E-state index in [0.29, 0.717) is 12.1 Å². The van der Waals surface area contributed by atoms with Gasteiger partial charge in [0.2, 0.25) is 0 Å². The largest absolute Gasteiger partial charge is 0.369 e. The lowest BCUT2D eigenvalue weighted by Gasteiger charge is -2.42. The second-order valence-corrected chi connectivity index (χ2v) is 7.69. The maximum atomic E-state index is 14.3. The van der Waals surface area contributed by atoms with Gasteiger partial charge in [-0.25, -0.2) is 9.18 Å². The zero-order chi connectivity index (χ0) is 19.7. The van der Waals surface area contributed by atoms with Crippen LogP contribution in [0.4, 0.5) is 20.6 Å². The summed E-state index contributed by atoms with van der Waals surface area (Å²) in [6.45, 7) is 8.66. The normalized spacial score (nSPS) is 16.7. The van der Waals surface area contributed by atoms with E-state index in [2.05, 4.69) is 16.3 Å². The minimum Gasteiger partial charge on any atom is -0.369 e. The highest BCUT2D eigenvalue weighted by Gasteiger charge is 2.34. The van der Waals surface area contributed by atoms with Gasteiger partial charge in [0.05, 0.1) is 18.8 Å². The van der Waals surface area contributed by atoms with Crippen LogP contribution >= 0.6 is 12.4 Å². The van der Waals surface area contributed by atoms with Crippen molar-refractivity contribution in [2.45, 2.75) is 33.0 Å². The van der Waals surface area contributed by atoms with Gasteiger partial charge in [-0.15, -0.1) is 12.4 Å². The monoisotopic (exact) mass is 418 g/mol. The Hall–Kier alpha value is -2.31. The summed E-state index contributed by atoms with van der Waals surface area (Å²) >= 11 is 0. The van der Waals surface area contributed by atoms with Crippen LogP contribution in [-0.4, -0.2) is 43.2 Å². The number of nitrogens with zero attached hydrogens (tertiary/aromatic N) is 3. The molecule has 2 aromatic rings. The smallest absolute Gasteiger partial charge is 0.325 e. The molecule has 0 atom stereocenters. The van der Waals surface area contributed by atoms with Crippen molar-refractivity contribution in [3.63, 3.8) is 0 Å². The van der Waals surface area contributed by atoms with Crippen molar-refractivity contribution in [2.75, 3.05) is 36.0 Å². The predicted molar refractivity (Wildman–Crippen MR) is 117 cm³/mol. The Balaban J connectivity index is 0.00000240. The molecule has 0 unspecified atom stereocenters. The number of urea groups is 1. The fourth-order valence-electron chi connectivity index (χ4n) is 4.03. The topological polar surface area (TPSA) is 38.8 Å². The number of carbonyl (C=O) groups excluding carboxylic acids is 1. The third-order valence-corrected chi connectivity index (χ3v) is 5.59. The van der Waals surface area contributed by atoms with Gasteiger partial charge in [0, 0.05) is 49.0 Å². The van der Waals surface area contributed by atoms with Crippen LogP contribution < -0.4 is 15.1 Å². The van der Waals surface area contributed by atoms with Gasteiger partial charge in [-0.3, -0.25) is 4.90 Å². The fraction of sp³-hybridized carbons (Fsp3) is 0.409. The lowest BCUT2D eigenvalue weighted by atomic mass is 10.0. The molecule has 2 aliphatic rings. The van der Waals surface area contributed by atoms with Crippen molar-refractivity contribution in [1.29, 1.82) is 0 Å². The molecular weight excluding hydrogens is 391 g/mol. The molecule has 1 fully saturated rings. The van der Waals surface area contributed by atoms with Gasteiger partial charge in [-0.2, -0.15) is 0 Å². The molecule has 0 radical (unpaired) electrons. The van der Waals surface area contributed by atoms with E-state index in [-0.39, 0.29) is 36.8 Å². The van der Waals surface area contributed by atoms with Crippen LogP contribution in [-0.2, 0) is 13.1 Å². The number of nitrogens with one attached hydrogen (secondary N) is 1. The number of carbonyl (C=O) groups is 1. The zero-order valence-electron chi connectivity index (χ0n) is 16.9. The number of rotatable bonds is 4. The molecule has 0 aliphatic carbocycles. The molecule has 2 aliphatic heterocycles. The van der Waals surface area contributed by atoms with E-state index in [0.717, 1.165) is 37.4 Å². The predicted octanol–water partition coefficient (Wildman–Crippen LogP) is 4.01. The van der Waals surface area contributed by atoms with Crippen LogP contribution in [0.15, 0.2) is 42.5 Å². The third kappa shape index (κ3) is 4.19. The average molecular weight is 419 g/mol. The highest BCUT2D eigenvalue weighted by Crippen LogP contribution is 2.37. The number of amides is 2. The first-order valence-corrected chi connectivity index (χ1v) is 9.95. The second-order valence-electron chi connectivity index (χ2n) is 7.69. The molecule has 7 heteroatoms. The first kappa shape index (κ1) is 21.4. The van der Waals surface area contributed by atoms with Gasteiger partial charge in [0.1, 0.15) is 5.82 Å². The van der Waals surface area contributed by atoms with Crippen molar-refractivity contribution in [2.24, 2.45) is 0 Å². The Morgan fingerprint density at radius 1 is 1.03 bits per heavy atom. The van der Waals surface area contributed by atoms with Crippen LogP contribution in [0.5, 0.6) is 0 Å². The zero-order valence-corrected chi connectivity index (χ0v) is 17.7. The van der Waals surface area contributed by atoms with Gasteiger partial charge >= 0.3 is 6.03 Å². The molecule has 0 aromatic heterocycles. The molecule has 29 heavy (non-hydrogen) atoms. The maximum absolute atomic E-state index is 14.3. The maximum Gasteiger partial charge on any atom is 0.325 e. The van der Waals surface area contributed by atoms with Crippen molar-refractivity contribution < 1.29 is 9.18 Å². The van der Waals surface area contributed by atoms with E-state index in [1.54, 1.807) is 17.0 Å². The number of fused-ring (bicyclic) bond motifs is 1. The molecule has 2 amide bonds. The molecule has 0 spiro atoms. The van der Waals surface area contributed by atoms with Crippen LogP contribution in [0, 0.1) is 5.82 Å². The number of halogens is 2. The Bertz CT molecular complexity index is 870. The number of anilines is 2. The lowest BCUT2D eigenvalue weighted by molar-refractivity contribution is 0.182. The standard InChI is InChI=1S/C22H27FN4O.ClH/c1-16(2)26-15-18-20(25-12-10-24-11-13-25)8-5-9-21(18)27(22(26)28)14-17-6-3-4-7-19(17)23;/h3-9,16,24H,10-15H2,1-2H3;1H. The first-order valence-electron chi connectivity index (χ1n) is 9.95. The van der Waals surface area contributed by atoms with E-state index >= 15 is 0 Å². The SMILES string of the molecule is CC(C)N1Cc2c(N3CCNCC3)cccc2N(Cc2ccccc2F)C1=O.Cl. The van der Waals surface area contributed by atoms with Crippen LogP contribution in [0.25, 0.3) is 0 Å². The number of hydrogen-bond acceptors (Lipinski definition) is 3. The Morgan fingerprint density at radius 3 is 2.41 bits per heavy atom. The lowest BCUT2D eigenvalue weighted by Crippen LogP contribution is -2.50. The fourth-order valence-corrected chi connectivity index (χ4v) is 4.03. The summed E-state index contributed by atoms with van der Waals surface area (Å²) in [5, 5.41) is 3.39. The Morgan fingerprint density at radius 2 is 1.72 bits per heavy atom. The average Bonchev–Trinajstić information content (AvgIpc) is 2.71. The molecule has 4 rings (SSSR count). The van der Waals surface area contributed by atoms with Crippen molar-refractivity contribution >= 4 is 29.8 Å². The Kier molecular flexibility index (Phi) is 6.65. The van der Waals surface area contributed by atoms with Gasteiger partial charge in [-0.1, -0.05) is 24.3 Å². The van der Waals surface area contributed by atoms with E-state index in [9.17, 15) is 9.18 Å². The van der Waals surface area contributed by atoms with Crippen LogP contribution in [0.2, 0.25) is 0 Å². The molecule has 1 saturated heterocycles.